The van der Waals surface area contributed by atoms with Crippen LogP contribution in [0.5, 0.6) is 5.75 Å². The molecule has 2 N–H and O–H groups in total. The smallest absolute Gasteiger partial charge is 0.257 e. The molecule has 5 rings (SSSR count). The highest BCUT2D eigenvalue weighted by atomic mass is 35.5. The van der Waals surface area contributed by atoms with E-state index in [2.05, 4.69) is 20.8 Å². The molecule has 0 radical (unpaired) electrons. The summed E-state index contributed by atoms with van der Waals surface area (Å²) < 4.78 is 5.78. The van der Waals surface area contributed by atoms with Gasteiger partial charge < -0.3 is 10.1 Å². The van der Waals surface area contributed by atoms with Crippen molar-refractivity contribution in [3.05, 3.63) is 113 Å². The Labute approximate surface area is 224 Å². The van der Waals surface area contributed by atoms with E-state index in [0.717, 1.165) is 28.0 Å². The van der Waals surface area contributed by atoms with Crippen molar-refractivity contribution in [2.45, 2.75) is 13.5 Å². The molecule has 1 amide bonds. The molecule has 0 saturated heterocycles. The molecule has 1 heterocycles. The molecule has 184 valence electrons. The van der Waals surface area contributed by atoms with E-state index in [1.165, 1.54) is 0 Å². The molecular weight excluding hydrogens is 506 g/mol. The summed E-state index contributed by atoms with van der Waals surface area (Å²) in [6.45, 7) is 2.39. The lowest BCUT2D eigenvalue weighted by Gasteiger charge is -2.12. The second kappa shape index (κ2) is 10.8. The third-order valence-electron chi connectivity index (χ3n) is 5.62. The number of carbonyl (C=O) groups excluding carboxylic acids is 1. The molecule has 0 atom stereocenters. The van der Waals surface area contributed by atoms with E-state index >= 15 is 0 Å². The average molecular weight is 528 g/mol. The first-order chi connectivity index (χ1) is 17.9. The Morgan fingerprint density at radius 3 is 2.32 bits per heavy atom. The number of aromatic nitrogens is 3. The second-order valence-corrected chi connectivity index (χ2v) is 9.17. The Balaban J connectivity index is 1.21. The van der Waals surface area contributed by atoms with Gasteiger partial charge in [0.25, 0.3) is 5.91 Å². The number of rotatable bonds is 6. The zero-order chi connectivity index (χ0) is 25.8. The molecule has 0 fully saturated rings. The van der Waals surface area contributed by atoms with Crippen LogP contribution in [-0.4, -0.2) is 26.0 Å². The number of thiocarbonyl (C=S) groups is 1. The van der Waals surface area contributed by atoms with Crippen molar-refractivity contribution in [1.82, 2.24) is 20.3 Å². The van der Waals surface area contributed by atoms with E-state index in [1.54, 1.807) is 41.2 Å². The molecule has 0 saturated carbocycles. The van der Waals surface area contributed by atoms with Crippen LogP contribution >= 0.6 is 23.8 Å². The molecule has 0 aliphatic heterocycles. The van der Waals surface area contributed by atoms with E-state index in [9.17, 15) is 4.79 Å². The molecular formula is C28H22ClN5O2S. The van der Waals surface area contributed by atoms with Crippen LogP contribution in [0.3, 0.4) is 0 Å². The number of aryl methyl sites for hydroxylation is 1. The van der Waals surface area contributed by atoms with Crippen molar-refractivity contribution < 1.29 is 9.53 Å². The third kappa shape index (κ3) is 5.94. The fourth-order valence-corrected chi connectivity index (χ4v) is 3.99. The zero-order valence-electron chi connectivity index (χ0n) is 19.8. The maximum absolute atomic E-state index is 12.7. The molecule has 0 bridgehead atoms. The minimum Gasteiger partial charge on any atom is -0.489 e. The Bertz CT molecular complexity index is 1570. The lowest BCUT2D eigenvalue weighted by Crippen LogP contribution is -2.34. The van der Waals surface area contributed by atoms with Crippen LogP contribution in [0.15, 0.2) is 91.0 Å². The number of hydrogen-bond acceptors (Lipinski definition) is 5. The first-order valence-electron chi connectivity index (χ1n) is 11.5. The van der Waals surface area contributed by atoms with Gasteiger partial charge >= 0.3 is 0 Å². The number of benzene rings is 4. The number of anilines is 1. The van der Waals surface area contributed by atoms with Crippen LogP contribution in [0, 0.1) is 6.92 Å². The molecule has 9 heteroatoms. The van der Waals surface area contributed by atoms with Gasteiger partial charge in [0.05, 0.1) is 5.69 Å². The Kier molecular flexibility index (Phi) is 7.11. The van der Waals surface area contributed by atoms with E-state index in [0.29, 0.717) is 28.5 Å². The van der Waals surface area contributed by atoms with E-state index in [-0.39, 0.29) is 11.0 Å². The van der Waals surface area contributed by atoms with Crippen LogP contribution in [0.4, 0.5) is 5.69 Å². The highest BCUT2D eigenvalue weighted by Crippen LogP contribution is 2.23. The fraction of sp³-hybridized carbons (Fsp3) is 0.0714. The molecule has 0 unspecified atom stereocenters. The fourth-order valence-electron chi connectivity index (χ4n) is 3.66. The van der Waals surface area contributed by atoms with Crippen LogP contribution in [-0.2, 0) is 6.61 Å². The van der Waals surface area contributed by atoms with Gasteiger partial charge in [-0.25, -0.2) is 0 Å². The van der Waals surface area contributed by atoms with Crippen molar-refractivity contribution in [3.63, 3.8) is 0 Å². The first-order valence-corrected chi connectivity index (χ1v) is 12.3. The van der Waals surface area contributed by atoms with Gasteiger partial charge in [-0.3, -0.25) is 10.1 Å². The van der Waals surface area contributed by atoms with Crippen molar-refractivity contribution in [2.24, 2.45) is 0 Å². The summed E-state index contributed by atoms with van der Waals surface area (Å²) in [5.41, 5.74) is 5.40. The van der Waals surface area contributed by atoms with Crippen molar-refractivity contribution in [3.8, 4) is 11.4 Å². The summed E-state index contributed by atoms with van der Waals surface area (Å²) in [6.07, 6.45) is 0. The number of hydrogen-bond donors (Lipinski definition) is 2. The largest absolute Gasteiger partial charge is 0.489 e. The number of ether oxygens (including phenoxy) is 1. The molecule has 1 aromatic heterocycles. The van der Waals surface area contributed by atoms with Crippen molar-refractivity contribution >= 4 is 51.6 Å². The van der Waals surface area contributed by atoms with Gasteiger partial charge in [0.15, 0.2) is 5.11 Å². The number of halogens is 1. The summed E-state index contributed by atoms with van der Waals surface area (Å²) >= 11 is 11.4. The highest BCUT2D eigenvalue weighted by molar-refractivity contribution is 7.80. The molecule has 7 nitrogen and oxygen atoms in total. The minimum absolute atomic E-state index is 0.182. The van der Waals surface area contributed by atoms with Gasteiger partial charge in [-0.05, 0) is 90.9 Å². The summed E-state index contributed by atoms with van der Waals surface area (Å²) in [5, 5.41) is 15.7. The minimum atomic E-state index is -0.320. The molecule has 5 aromatic rings. The summed E-state index contributed by atoms with van der Waals surface area (Å²) in [6, 6.07) is 27.8. The predicted molar refractivity (Wildman–Crippen MR) is 150 cm³/mol. The van der Waals surface area contributed by atoms with E-state index in [4.69, 9.17) is 28.6 Å². The number of amides is 1. The number of nitrogens with one attached hydrogen (secondary N) is 2. The number of carbonyl (C=O) groups is 1. The lowest BCUT2D eigenvalue weighted by molar-refractivity contribution is 0.0977. The van der Waals surface area contributed by atoms with Crippen LogP contribution in [0.1, 0.15) is 21.5 Å². The zero-order valence-corrected chi connectivity index (χ0v) is 21.4. The Morgan fingerprint density at radius 1 is 0.946 bits per heavy atom. The van der Waals surface area contributed by atoms with E-state index in [1.807, 2.05) is 61.5 Å². The Hall–Kier alpha value is -4.27. The van der Waals surface area contributed by atoms with Crippen LogP contribution in [0.2, 0.25) is 5.02 Å². The average Bonchev–Trinajstić information content (AvgIpc) is 3.31. The maximum Gasteiger partial charge on any atom is 0.257 e. The number of nitrogens with zero attached hydrogens (tertiary/aromatic N) is 3. The van der Waals surface area contributed by atoms with Gasteiger partial charge in [-0.15, -0.1) is 10.2 Å². The standard InChI is InChI=1S/C28H22ClN5O2S/c1-18-15-25-26(33-34(32-25)22-11-9-21(29)10-12-22)16-24(18)30-28(37)31-27(35)20-7-13-23(14-8-20)36-17-19-5-3-2-4-6-19/h2-16H,17H2,1H3,(H2,30,31,35,37). The Morgan fingerprint density at radius 2 is 1.62 bits per heavy atom. The quantitative estimate of drug-likeness (QED) is 0.260. The van der Waals surface area contributed by atoms with Crippen molar-refractivity contribution in [2.75, 3.05) is 5.32 Å². The summed E-state index contributed by atoms with van der Waals surface area (Å²) in [7, 11) is 0. The first kappa shape index (κ1) is 24.4. The van der Waals surface area contributed by atoms with Crippen LogP contribution in [0.25, 0.3) is 16.7 Å². The maximum atomic E-state index is 12.7. The van der Waals surface area contributed by atoms with E-state index < -0.39 is 0 Å². The van der Waals surface area contributed by atoms with Gasteiger partial charge in [0.1, 0.15) is 23.4 Å². The van der Waals surface area contributed by atoms with Gasteiger partial charge in [-0.1, -0.05) is 41.9 Å². The summed E-state index contributed by atoms with van der Waals surface area (Å²) in [5.74, 6) is 0.358. The summed E-state index contributed by atoms with van der Waals surface area (Å²) in [4.78, 5) is 14.3. The highest BCUT2D eigenvalue weighted by Gasteiger charge is 2.12. The SMILES string of the molecule is Cc1cc2nn(-c3ccc(Cl)cc3)nc2cc1NC(=S)NC(=O)c1ccc(OCc2ccccc2)cc1. The molecule has 4 aromatic carbocycles. The lowest BCUT2D eigenvalue weighted by atomic mass is 10.2. The second-order valence-electron chi connectivity index (χ2n) is 8.33. The number of fused-ring (bicyclic) bond motifs is 1. The topological polar surface area (TPSA) is 81.1 Å². The van der Waals surface area contributed by atoms with Gasteiger partial charge in [0, 0.05) is 16.3 Å². The molecule has 0 spiro atoms. The van der Waals surface area contributed by atoms with Gasteiger partial charge in [-0.2, -0.15) is 4.80 Å². The predicted octanol–water partition coefficient (Wildman–Crippen LogP) is 6.09. The molecule has 0 aliphatic rings. The third-order valence-corrected chi connectivity index (χ3v) is 6.08. The monoisotopic (exact) mass is 527 g/mol. The van der Waals surface area contributed by atoms with Crippen LogP contribution < -0.4 is 15.4 Å². The molecule has 37 heavy (non-hydrogen) atoms. The van der Waals surface area contributed by atoms with Gasteiger partial charge in [0.2, 0.25) is 0 Å². The van der Waals surface area contributed by atoms with Crippen molar-refractivity contribution in [1.29, 1.82) is 0 Å². The normalized spacial score (nSPS) is 10.8. The molecule has 0 aliphatic carbocycles.